The van der Waals surface area contributed by atoms with Gasteiger partial charge in [-0.3, -0.25) is 0 Å². The number of halogens is 1. The minimum atomic E-state index is -0.510. The van der Waals surface area contributed by atoms with Gasteiger partial charge < -0.3 is 10.1 Å². The monoisotopic (exact) mass is 321 g/mol. The quantitative estimate of drug-likeness (QED) is 0.765. The number of fused-ring (bicyclic) bond motifs is 1. The van der Waals surface area contributed by atoms with Gasteiger partial charge in [0.1, 0.15) is 17.3 Å². The molecule has 3 aromatic rings. The summed E-state index contributed by atoms with van der Waals surface area (Å²) in [7, 11) is 1.38. The second-order valence-corrected chi connectivity index (χ2v) is 5.57. The fraction of sp³-hybridized carbons (Fsp3) is 0.158. The number of nitriles is 1. The Morgan fingerprint density at radius 3 is 2.58 bits per heavy atom. The molecular weight excluding hydrogens is 305 g/mol. The van der Waals surface area contributed by atoms with Crippen LogP contribution >= 0.6 is 0 Å². The van der Waals surface area contributed by atoms with Gasteiger partial charge >= 0.3 is 0 Å². The molecule has 0 fully saturated rings. The third-order valence-electron chi connectivity index (χ3n) is 3.99. The Bertz CT molecular complexity index is 976. The van der Waals surface area contributed by atoms with E-state index in [4.69, 9.17) is 4.74 Å². The van der Waals surface area contributed by atoms with E-state index < -0.39 is 5.82 Å². The van der Waals surface area contributed by atoms with E-state index in [0.29, 0.717) is 16.6 Å². The molecule has 0 bridgehead atoms. The molecule has 0 amide bonds. The molecule has 0 saturated carbocycles. The molecule has 1 aromatic heterocycles. The third kappa shape index (κ3) is 2.74. The van der Waals surface area contributed by atoms with E-state index in [1.165, 1.54) is 18.7 Å². The number of anilines is 2. The summed E-state index contributed by atoms with van der Waals surface area (Å²) >= 11 is 0. The molecule has 0 aliphatic carbocycles. The van der Waals surface area contributed by atoms with E-state index in [1.54, 1.807) is 12.1 Å². The first kappa shape index (κ1) is 15.8. The van der Waals surface area contributed by atoms with Crippen LogP contribution < -0.4 is 10.1 Å². The predicted octanol–water partition coefficient (Wildman–Crippen LogP) is 4.61. The Morgan fingerprint density at radius 2 is 1.92 bits per heavy atom. The van der Waals surface area contributed by atoms with Gasteiger partial charge in [0.05, 0.1) is 12.8 Å². The van der Waals surface area contributed by atoms with Crippen molar-refractivity contribution in [2.75, 3.05) is 12.4 Å². The van der Waals surface area contributed by atoms with E-state index in [9.17, 15) is 9.65 Å². The van der Waals surface area contributed by atoms with E-state index in [1.807, 2.05) is 38.1 Å². The smallest absolute Gasteiger partial charge is 0.180 e. The maximum Gasteiger partial charge on any atom is 0.180 e. The standard InChI is InChI=1S/C19H16FN3O/c1-11-4-5-13(8-12(11)2)22-17-9-14(10-21)23-18-15(17)6-7-16(20)19(18)24-3/h4-9H,1-3H3,(H,22,23). The zero-order chi connectivity index (χ0) is 17.3. The zero-order valence-corrected chi connectivity index (χ0v) is 13.6. The lowest BCUT2D eigenvalue weighted by Gasteiger charge is -2.13. The molecule has 4 nitrogen and oxygen atoms in total. The van der Waals surface area contributed by atoms with E-state index >= 15 is 0 Å². The van der Waals surface area contributed by atoms with Gasteiger partial charge in [-0.25, -0.2) is 9.37 Å². The van der Waals surface area contributed by atoms with Gasteiger partial charge in [-0.1, -0.05) is 6.07 Å². The van der Waals surface area contributed by atoms with Crippen LogP contribution in [0, 0.1) is 31.0 Å². The lowest BCUT2D eigenvalue weighted by Crippen LogP contribution is -1.99. The number of nitrogens with one attached hydrogen (secondary N) is 1. The summed E-state index contributed by atoms with van der Waals surface area (Å²) in [4.78, 5) is 4.19. The molecule has 0 atom stereocenters. The number of hydrogen-bond acceptors (Lipinski definition) is 4. The van der Waals surface area contributed by atoms with E-state index in [0.717, 1.165) is 11.3 Å². The van der Waals surface area contributed by atoms with Crippen LogP contribution in [0.5, 0.6) is 5.75 Å². The summed E-state index contributed by atoms with van der Waals surface area (Å²) in [5.41, 5.74) is 4.43. The van der Waals surface area contributed by atoms with Crippen LogP contribution in [0.4, 0.5) is 15.8 Å². The highest BCUT2D eigenvalue weighted by Crippen LogP contribution is 2.33. The number of benzene rings is 2. The van der Waals surface area contributed by atoms with Crippen LogP contribution in [0.2, 0.25) is 0 Å². The highest BCUT2D eigenvalue weighted by molar-refractivity contribution is 5.97. The number of rotatable bonds is 3. The van der Waals surface area contributed by atoms with Crippen molar-refractivity contribution < 1.29 is 9.13 Å². The van der Waals surface area contributed by atoms with Crippen LogP contribution in [0.15, 0.2) is 36.4 Å². The Hall–Kier alpha value is -3.13. The molecule has 0 aliphatic rings. The number of pyridine rings is 1. The molecule has 24 heavy (non-hydrogen) atoms. The van der Waals surface area contributed by atoms with Crippen molar-refractivity contribution >= 4 is 22.3 Å². The average Bonchev–Trinajstić information content (AvgIpc) is 2.57. The summed E-state index contributed by atoms with van der Waals surface area (Å²) in [5, 5.41) is 13.2. The molecular formula is C19H16FN3O. The Morgan fingerprint density at radius 1 is 1.12 bits per heavy atom. The minimum Gasteiger partial charge on any atom is -0.491 e. The number of methoxy groups -OCH3 is 1. The highest BCUT2D eigenvalue weighted by atomic mass is 19.1. The lowest BCUT2D eigenvalue weighted by atomic mass is 10.1. The number of nitrogens with zero attached hydrogens (tertiary/aromatic N) is 2. The second-order valence-electron chi connectivity index (χ2n) is 5.57. The van der Waals surface area contributed by atoms with Crippen molar-refractivity contribution in [3.05, 3.63) is 59.0 Å². The lowest BCUT2D eigenvalue weighted by molar-refractivity contribution is 0.391. The summed E-state index contributed by atoms with van der Waals surface area (Å²) in [6.07, 6.45) is 0. The molecule has 0 saturated heterocycles. The largest absolute Gasteiger partial charge is 0.491 e. The Balaban J connectivity index is 2.19. The first-order valence-corrected chi connectivity index (χ1v) is 7.45. The summed E-state index contributed by atoms with van der Waals surface area (Å²) in [5.74, 6) is -0.475. The number of aryl methyl sites for hydroxylation is 2. The number of aromatic nitrogens is 1. The number of ether oxygens (including phenoxy) is 1. The molecule has 120 valence electrons. The van der Waals surface area contributed by atoms with Crippen molar-refractivity contribution in [2.24, 2.45) is 0 Å². The molecule has 1 heterocycles. The molecule has 3 rings (SSSR count). The van der Waals surface area contributed by atoms with Crippen LogP contribution in [0.3, 0.4) is 0 Å². The van der Waals surface area contributed by atoms with E-state index in [-0.39, 0.29) is 11.4 Å². The number of hydrogen-bond donors (Lipinski definition) is 1. The fourth-order valence-corrected chi connectivity index (χ4v) is 2.57. The van der Waals surface area contributed by atoms with Crippen LogP contribution in [0.1, 0.15) is 16.8 Å². The van der Waals surface area contributed by atoms with Gasteiger partial charge in [-0.15, -0.1) is 0 Å². The maximum atomic E-state index is 13.9. The summed E-state index contributed by atoms with van der Waals surface area (Å²) in [6.45, 7) is 4.08. The van der Waals surface area contributed by atoms with Gasteiger partial charge in [-0.2, -0.15) is 5.26 Å². The van der Waals surface area contributed by atoms with Crippen molar-refractivity contribution in [3.8, 4) is 11.8 Å². The Labute approximate surface area is 139 Å². The average molecular weight is 321 g/mol. The van der Waals surface area contributed by atoms with Crippen molar-refractivity contribution in [2.45, 2.75) is 13.8 Å². The second kappa shape index (κ2) is 6.17. The minimum absolute atomic E-state index is 0.0349. The Kier molecular flexibility index (Phi) is 4.05. The third-order valence-corrected chi connectivity index (χ3v) is 3.99. The molecule has 5 heteroatoms. The first-order chi connectivity index (χ1) is 11.5. The van der Waals surface area contributed by atoms with Crippen LogP contribution in [-0.2, 0) is 0 Å². The molecule has 0 spiro atoms. The van der Waals surface area contributed by atoms with Gasteiger partial charge in [0, 0.05) is 11.1 Å². The zero-order valence-electron chi connectivity index (χ0n) is 13.6. The normalized spacial score (nSPS) is 10.5. The van der Waals surface area contributed by atoms with E-state index in [2.05, 4.69) is 10.3 Å². The van der Waals surface area contributed by atoms with Gasteiger partial charge in [0.25, 0.3) is 0 Å². The van der Waals surface area contributed by atoms with Crippen molar-refractivity contribution in [3.63, 3.8) is 0 Å². The highest BCUT2D eigenvalue weighted by Gasteiger charge is 2.14. The topological polar surface area (TPSA) is 57.9 Å². The SMILES string of the molecule is COc1c(F)ccc2c(Nc3ccc(C)c(C)c3)cc(C#N)nc12. The molecule has 0 radical (unpaired) electrons. The summed E-state index contributed by atoms with van der Waals surface area (Å²) < 4.78 is 19.1. The van der Waals surface area contributed by atoms with Gasteiger partial charge in [-0.05, 0) is 55.3 Å². The molecule has 2 aromatic carbocycles. The van der Waals surface area contributed by atoms with Crippen molar-refractivity contribution in [1.82, 2.24) is 4.98 Å². The van der Waals surface area contributed by atoms with Crippen molar-refractivity contribution in [1.29, 1.82) is 5.26 Å². The molecule has 1 N–H and O–H groups in total. The molecule has 0 unspecified atom stereocenters. The predicted molar refractivity (Wildman–Crippen MR) is 92.2 cm³/mol. The van der Waals surface area contributed by atoms with Crippen LogP contribution in [0.25, 0.3) is 10.9 Å². The van der Waals surface area contributed by atoms with Gasteiger partial charge in [0.2, 0.25) is 0 Å². The maximum absolute atomic E-state index is 13.9. The summed E-state index contributed by atoms with van der Waals surface area (Å²) in [6, 6.07) is 12.6. The van der Waals surface area contributed by atoms with Crippen LogP contribution in [-0.4, -0.2) is 12.1 Å². The van der Waals surface area contributed by atoms with Gasteiger partial charge in [0.15, 0.2) is 11.6 Å². The fourth-order valence-electron chi connectivity index (χ4n) is 2.57. The first-order valence-electron chi connectivity index (χ1n) is 7.45. The molecule has 0 aliphatic heterocycles.